The first-order valence-electron chi connectivity index (χ1n) is 7.13. The molecule has 0 aromatic carbocycles. The Morgan fingerprint density at radius 2 is 1.88 bits per heavy atom. The summed E-state index contributed by atoms with van der Waals surface area (Å²) in [6.45, 7) is 13.8. The first kappa shape index (κ1) is 13.3. The molecule has 17 heavy (non-hydrogen) atoms. The van der Waals surface area contributed by atoms with Gasteiger partial charge in [-0.1, -0.05) is 0 Å². The Balaban J connectivity index is 2.16. The number of rotatable bonds is 3. The van der Waals surface area contributed by atoms with Crippen LogP contribution >= 0.6 is 0 Å². The van der Waals surface area contributed by atoms with Gasteiger partial charge in [0.05, 0.1) is 0 Å². The number of nitrogens with two attached hydrogens (primary N) is 1. The van der Waals surface area contributed by atoms with Gasteiger partial charge in [-0.25, -0.2) is 0 Å². The van der Waals surface area contributed by atoms with Crippen molar-refractivity contribution in [2.45, 2.75) is 64.1 Å². The van der Waals surface area contributed by atoms with Gasteiger partial charge < -0.3 is 5.73 Å². The van der Waals surface area contributed by atoms with Crippen LogP contribution in [0.4, 0.5) is 0 Å². The van der Waals surface area contributed by atoms with E-state index in [0.29, 0.717) is 11.6 Å². The highest BCUT2D eigenvalue weighted by Crippen LogP contribution is 2.39. The Kier molecular flexibility index (Phi) is 3.54. The second-order valence-electron chi connectivity index (χ2n) is 6.81. The van der Waals surface area contributed by atoms with Gasteiger partial charge in [0.2, 0.25) is 0 Å². The molecule has 2 heterocycles. The van der Waals surface area contributed by atoms with Crippen LogP contribution < -0.4 is 5.73 Å². The highest BCUT2D eigenvalue weighted by Gasteiger charge is 2.49. The molecule has 0 aromatic rings. The van der Waals surface area contributed by atoms with Crippen molar-refractivity contribution in [2.24, 2.45) is 5.73 Å². The molecule has 0 radical (unpaired) electrons. The summed E-state index contributed by atoms with van der Waals surface area (Å²) in [6.07, 6.45) is 3.89. The van der Waals surface area contributed by atoms with E-state index in [9.17, 15) is 0 Å². The lowest BCUT2D eigenvalue weighted by Gasteiger charge is -2.46. The Morgan fingerprint density at radius 3 is 2.29 bits per heavy atom. The van der Waals surface area contributed by atoms with Crippen LogP contribution in [0.25, 0.3) is 0 Å². The van der Waals surface area contributed by atoms with Gasteiger partial charge in [0.15, 0.2) is 0 Å². The molecule has 0 aromatic heterocycles. The smallest absolute Gasteiger partial charge is 0.0475 e. The average Bonchev–Trinajstić information content (AvgIpc) is 2.82. The topological polar surface area (TPSA) is 32.5 Å². The lowest BCUT2D eigenvalue weighted by molar-refractivity contribution is 0.0381. The molecule has 0 saturated carbocycles. The van der Waals surface area contributed by atoms with Crippen LogP contribution in [0.5, 0.6) is 0 Å². The Bertz CT molecular complexity index is 275. The van der Waals surface area contributed by atoms with E-state index in [0.717, 1.165) is 13.1 Å². The highest BCUT2D eigenvalue weighted by molar-refractivity contribution is 5.07. The predicted octanol–water partition coefficient (Wildman–Crippen LogP) is 1.67. The summed E-state index contributed by atoms with van der Waals surface area (Å²) in [5.41, 5.74) is 6.74. The van der Waals surface area contributed by atoms with Crippen molar-refractivity contribution in [3.8, 4) is 0 Å². The van der Waals surface area contributed by atoms with Crippen LogP contribution in [0.1, 0.15) is 47.0 Å². The van der Waals surface area contributed by atoms with E-state index in [1.807, 2.05) is 0 Å². The van der Waals surface area contributed by atoms with E-state index >= 15 is 0 Å². The third kappa shape index (κ3) is 2.25. The van der Waals surface area contributed by atoms with Crippen LogP contribution in [0.15, 0.2) is 0 Å². The average molecular weight is 239 g/mol. The summed E-state index contributed by atoms with van der Waals surface area (Å²) in [7, 11) is 0. The largest absolute Gasteiger partial charge is 0.329 e. The van der Waals surface area contributed by atoms with E-state index in [1.165, 1.54) is 32.4 Å². The summed E-state index contributed by atoms with van der Waals surface area (Å²) >= 11 is 0. The summed E-state index contributed by atoms with van der Waals surface area (Å²) in [4.78, 5) is 5.30. The molecule has 2 rings (SSSR count). The number of likely N-dealkylation sites (tertiary alicyclic amines) is 2. The van der Waals surface area contributed by atoms with Crippen molar-refractivity contribution in [2.75, 3.05) is 26.2 Å². The van der Waals surface area contributed by atoms with Gasteiger partial charge >= 0.3 is 0 Å². The van der Waals surface area contributed by atoms with E-state index < -0.39 is 0 Å². The molecule has 2 saturated heterocycles. The summed E-state index contributed by atoms with van der Waals surface area (Å²) in [6, 6.07) is 0.647. The highest BCUT2D eigenvalue weighted by atomic mass is 15.3. The first-order chi connectivity index (χ1) is 7.91. The first-order valence-corrected chi connectivity index (χ1v) is 7.13. The zero-order valence-corrected chi connectivity index (χ0v) is 12.0. The maximum Gasteiger partial charge on any atom is 0.0475 e. The zero-order valence-electron chi connectivity index (χ0n) is 12.0. The second-order valence-corrected chi connectivity index (χ2v) is 6.81. The van der Waals surface area contributed by atoms with Crippen molar-refractivity contribution in [1.82, 2.24) is 9.80 Å². The molecule has 2 aliphatic rings. The van der Waals surface area contributed by atoms with Crippen LogP contribution in [0.3, 0.4) is 0 Å². The number of nitrogens with zero attached hydrogens (tertiary/aromatic N) is 2. The van der Waals surface area contributed by atoms with E-state index in [1.54, 1.807) is 0 Å². The number of hydrogen-bond donors (Lipinski definition) is 1. The second kappa shape index (κ2) is 4.52. The molecule has 0 bridgehead atoms. The summed E-state index contributed by atoms with van der Waals surface area (Å²) in [5.74, 6) is 0. The van der Waals surface area contributed by atoms with Gasteiger partial charge in [-0.05, 0) is 53.5 Å². The van der Waals surface area contributed by atoms with Crippen LogP contribution in [0, 0.1) is 0 Å². The molecule has 2 fully saturated rings. The standard InChI is InChI=1S/C14H29N3/c1-12(2)16-9-7-14(10-15,11-16)17-8-5-6-13(17,3)4/h12H,5-11,15H2,1-4H3. The van der Waals surface area contributed by atoms with Gasteiger partial charge in [-0.2, -0.15) is 0 Å². The predicted molar refractivity (Wildman–Crippen MR) is 73.1 cm³/mol. The van der Waals surface area contributed by atoms with Crippen molar-refractivity contribution in [3.05, 3.63) is 0 Å². The lowest BCUT2D eigenvalue weighted by atomic mass is 9.90. The quantitative estimate of drug-likeness (QED) is 0.813. The maximum atomic E-state index is 6.16. The fourth-order valence-corrected chi connectivity index (χ4v) is 3.81. The Hall–Kier alpha value is -0.120. The minimum absolute atomic E-state index is 0.240. The van der Waals surface area contributed by atoms with Gasteiger partial charge in [-0.15, -0.1) is 0 Å². The van der Waals surface area contributed by atoms with Crippen LogP contribution in [-0.4, -0.2) is 53.1 Å². The third-order valence-electron chi connectivity index (χ3n) is 4.95. The van der Waals surface area contributed by atoms with Crippen molar-refractivity contribution in [3.63, 3.8) is 0 Å². The lowest BCUT2D eigenvalue weighted by Crippen LogP contribution is -2.60. The fraction of sp³-hybridized carbons (Fsp3) is 1.00. The Labute approximate surface area is 106 Å². The molecule has 1 unspecified atom stereocenters. The Morgan fingerprint density at radius 1 is 1.18 bits per heavy atom. The third-order valence-corrected chi connectivity index (χ3v) is 4.95. The molecule has 1 atom stereocenters. The van der Waals surface area contributed by atoms with Crippen LogP contribution in [0.2, 0.25) is 0 Å². The van der Waals surface area contributed by atoms with E-state index in [4.69, 9.17) is 5.73 Å². The van der Waals surface area contributed by atoms with Crippen molar-refractivity contribution in [1.29, 1.82) is 0 Å². The SMILES string of the molecule is CC(C)N1CCC(CN)(N2CCCC2(C)C)C1. The molecular weight excluding hydrogens is 210 g/mol. The number of hydrogen-bond acceptors (Lipinski definition) is 3. The van der Waals surface area contributed by atoms with Gasteiger partial charge in [0.1, 0.15) is 0 Å². The molecular formula is C14H29N3. The summed E-state index contributed by atoms with van der Waals surface area (Å²) < 4.78 is 0. The fourth-order valence-electron chi connectivity index (χ4n) is 3.81. The van der Waals surface area contributed by atoms with Gasteiger partial charge in [0.25, 0.3) is 0 Å². The summed E-state index contributed by atoms with van der Waals surface area (Å²) in [5, 5.41) is 0. The molecule has 2 N–H and O–H groups in total. The normalized spacial score (nSPS) is 34.9. The van der Waals surface area contributed by atoms with Crippen LogP contribution in [-0.2, 0) is 0 Å². The molecule has 0 amide bonds. The molecule has 2 aliphatic heterocycles. The molecule has 0 aliphatic carbocycles. The van der Waals surface area contributed by atoms with Gasteiger partial charge in [-0.3, -0.25) is 9.80 Å². The molecule has 3 heteroatoms. The van der Waals surface area contributed by atoms with E-state index in [2.05, 4.69) is 37.5 Å². The molecule has 3 nitrogen and oxygen atoms in total. The maximum absolute atomic E-state index is 6.16. The van der Waals surface area contributed by atoms with Crippen molar-refractivity contribution >= 4 is 0 Å². The minimum atomic E-state index is 0.240. The zero-order chi connectivity index (χ0) is 12.7. The van der Waals surface area contributed by atoms with E-state index in [-0.39, 0.29) is 5.54 Å². The van der Waals surface area contributed by atoms with Crippen molar-refractivity contribution < 1.29 is 0 Å². The molecule has 0 spiro atoms. The minimum Gasteiger partial charge on any atom is -0.329 e. The van der Waals surface area contributed by atoms with Gasteiger partial charge in [0, 0.05) is 36.8 Å². The molecule has 100 valence electrons. The monoisotopic (exact) mass is 239 g/mol.